The van der Waals surface area contributed by atoms with Gasteiger partial charge in [0.1, 0.15) is 24.3 Å². The van der Waals surface area contributed by atoms with Crippen LogP contribution in [0, 0.1) is 11.8 Å². The largest absolute Gasteiger partial charge is 0.467 e. The van der Waals surface area contributed by atoms with Crippen molar-refractivity contribution in [2.75, 3.05) is 13.7 Å². The molecule has 9 heteroatoms. The Bertz CT molecular complexity index is 581. The van der Waals surface area contributed by atoms with Gasteiger partial charge < -0.3 is 24.8 Å². The predicted octanol–water partition coefficient (Wildman–Crippen LogP) is 1.56. The number of rotatable bonds is 9. The Morgan fingerprint density at radius 1 is 1.00 bits per heavy atom. The fraction of sp³-hybridized carbons (Fsp3) is 0.684. The minimum Gasteiger partial charge on any atom is -0.467 e. The van der Waals surface area contributed by atoms with Crippen molar-refractivity contribution in [1.29, 1.82) is 0 Å². The van der Waals surface area contributed by atoms with Gasteiger partial charge in [-0.25, -0.2) is 14.4 Å². The van der Waals surface area contributed by atoms with Crippen LogP contribution in [0.5, 0.6) is 0 Å². The molecule has 0 aromatic heterocycles. The van der Waals surface area contributed by atoms with Gasteiger partial charge in [0.2, 0.25) is 5.91 Å². The molecule has 0 aromatic rings. The fourth-order valence-electron chi connectivity index (χ4n) is 2.11. The van der Waals surface area contributed by atoms with Crippen LogP contribution in [0.15, 0.2) is 12.7 Å². The van der Waals surface area contributed by atoms with Crippen LogP contribution in [0.4, 0.5) is 4.79 Å². The molecule has 0 fully saturated rings. The summed E-state index contributed by atoms with van der Waals surface area (Å²) in [6, 6.07) is -2.22. The number of alkyl carbamates (subject to hydrolysis) is 1. The predicted molar refractivity (Wildman–Crippen MR) is 102 cm³/mol. The summed E-state index contributed by atoms with van der Waals surface area (Å²) in [6.07, 6.45) is 0.547. The van der Waals surface area contributed by atoms with E-state index in [-0.39, 0.29) is 12.5 Å². The molecule has 0 aliphatic rings. The molecule has 2 N–H and O–H groups in total. The molecule has 0 aromatic carbocycles. The normalized spacial score (nSPS) is 14.3. The molecule has 9 nitrogen and oxygen atoms in total. The van der Waals surface area contributed by atoms with Crippen LogP contribution in [-0.4, -0.2) is 55.3 Å². The lowest BCUT2D eigenvalue weighted by molar-refractivity contribution is -0.150. The molecular weight excluding hydrogens is 368 g/mol. The van der Waals surface area contributed by atoms with Crippen LogP contribution < -0.4 is 10.6 Å². The Kier molecular flexibility index (Phi) is 10.3. The summed E-state index contributed by atoms with van der Waals surface area (Å²) in [7, 11) is 1.14. The van der Waals surface area contributed by atoms with Crippen LogP contribution in [0.25, 0.3) is 0 Å². The highest BCUT2D eigenvalue weighted by atomic mass is 16.6. The highest BCUT2D eigenvalue weighted by Crippen LogP contribution is 2.12. The molecule has 0 heterocycles. The zero-order chi connectivity index (χ0) is 22.1. The number of nitrogens with one attached hydrogen (secondary N) is 2. The highest BCUT2D eigenvalue weighted by Gasteiger charge is 2.36. The summed E-state index contributed by atoms with van der Waals surface area (Å²) >= 11 is 0. The van der Waals surface area contributed by atoms with E-state index in [1.54, 1.807) is 34.6 Å². The minimum absolute atomic E-state index is 0.0124. The van der Waals surface area contributed by atoms with Crippen molar-refractivity contribution in [2.45, 2.75) is 59.2 Å². The molecule has 2 amide bonds. The highest BCUT2D eigenvalue weighted by molar-refractivity contribution is 5.91. The molecule has 0 radical (unpaired) electrons. The Morgan fingerprint density at radius 2 is 1.57 bits per heavy atom. The molecule has 0 aliphatic heterocycles. The number of carbonyl (C=O) groups excluding carboxylic acids is 4. The summed E-state index contributed by atoms with van der Waals surface area (Å²) in [6.45, 7) is 13.4. The van der Waals surface area contributed by atoms with Gasteiger partial charge in [-0.2, -0.15) is 0 Å². The number of esters is 2. The summed E-state index contributed by atoms with van der Waals surface area (Å²) in [5.41, 5.74) is -0.784. The van der Waals surface area contributed by atoms with Crippen molar-refractivity contribution in [3.05, 3.63) is 12.7 Å². The van der Waals surface area contributed by atoms with Crippen LogP contribution in [-0.2, 0) is 28.6 Å². The van der Waals surface area contributed by atoms with Gasteiger partial charge >= 0.3 is 18.0 Å². The number of hydrogen-bond acceptors (Lipinski definition) is 7. The molecule has 0 spiro atoms. The summed E-state index contributed by atoms with van der Waals surface area (Å²) in [5.74, 6) is -3.35. The van der Waals surface area contributed by atoms with Crippen LogP contribution in [0.2, 0.25) is 0 Å². The third kappa shape index (κ3) is 8.88. The Balaban J connectivity index is 5.28. The molecule has 0 unspecified atom stereocenters. The van der Waals surface area contributed by atoms with E-state index in [1.165, 1.54) is 13.0 Å². The van der Waals surface area contributed by atoms with Gasteiger partial charge in [-0.1, -0.05) is 33.4 Å². The van der Waals surface area contributed by atoms with E-state index in [0.717, 1.165) is 7.11 Å². The maximum atomic E-state index is 12.6. The van der Waals surface area contributed by atoms with Gasteiger partial charge in [-0.15, -0.1) is 0 Å². The maximum absolute atomic E-state index is 12.6. The van der Waals surface area contributed by atoms with E-state index in [2.05, 4.69) is 21.9 Å². The van der Waals surface area contributed by atoms with Crippen LogP contribution in [0.3, 0.4) is 0 Å². The number of methoxy groups -OCH3 is 1. The first-order valence-electron chi connectivity index (χ1n) is 8.99. The number of amides is 2. The Morgan fingerprint density at radius 3 is 2.00 bits per heavy atom. The molecule has 0 aliphatic carbocycles. The SMILES string of the molecule is C=CCOC(=O)[C@@H](NC(=O)[C@@H](C)[C@@H](NC(=O)OC(C)(C)C)C(=O)OC)C(C)C. The summed E-state index contributed by atoms with van der Waals surface area (Å²) in [4.78, 5) is 48.9. The van der Waals surface area contributed by atoms with Crippen LogP contribution in [0.1, 0.15) is 41.5 Å². The van der Waals surface area contributed by atoms with Crippen molar-refractivity contribution >= 4 is 23.9 Å². The monoisotopic (exact) mass is 400 g/mol. The van der Waals surface area contributed by atoms with Crippen molar-refractivity contribution in [3.63, 3.8) is 0 Å². The molecule has 28 heavy (non-hydrogen) atoms. The number of ether oxygens (including phenoxy) is 3. The second-order valence-corrected chi connectivity index (χ2v) is 7.58. The lowest BCUT2D eigenvalue weighted by Crippen LogP contribution is -2.54. The van der Waals surface area contributed by atoms with Crippen molar-refractivity contribution in [3.8, 4) is 0 Å². The second-order valence-electron chi connectivity index (χ2n) is 7.58. The van der Waals surface area contributed by atoms with Gasteiger partial charge in [0.25, 0.3) is 0 Å². The molecular formula is C19H32N2O7. The minimum atomic E-state index is -1.29. The van der Waals surface area contributed by atoms with Crippen molar-refractivity contribution < 1.29 is 33.4 Å². The fourth-order valence-corrected chi connectivity index (χ4v) is 2.11. The Labute approximate surface area is 166 Å². The van der Waals surface area contributed by atoms with Gasteiger partial charge in [0, 0.05) is 0 Å². The number of hydrogen-bond donors (Lipinski definition) is 2. The quantitative estimate of drug-likeness (QED) is 0.342. The average molecular weight is 400 g/mol. The number of carbonyl (C=O) groups is 4. The van der Waals surface area contributed by atoms with Crippen molar-refractivity contribution in [1.82, 2.24) is 10.6 Å². The van der Waals surface area contributed by atoms with Crippen LogP contribution >= 0.6 is 0 Å². The van der Waals surface area contributed by atoms with Crippen molar-refractivity contribution in [2.24, 2.45) is 11.8 Å². The topological polar surface area (TPSA) is 120 Å². The van der Waals surface area contributed by atoms with E-state index in [1.807, 2.05) is 0 Å². The molecule has 0 saturated heterocycles. The lowest BCUT2D eigenvalue weighted by atomic mass is 9.98. The molecule has 160 valence electrons. The first-order chi connectivity index (χ1) is 12.8. The van der Waals surface area contributed by atoms with Gasteiger partial charge in [0.05, 0.1) is 13.0 Å². The third-order valence-electron chi connectivity index (χ3n) is 3.60. The molecule has 0 saturated carbocycles. The lowest BCUT2D eigenvalue weighted by Gasteiger charge is -2.27. The zero-order valence-corrected chi connectivity index (χ0v) is 17.7. The first-order valence-corrected chi connectivity index (χ1v) is 8.99. The second kappa shape index (κ2) is 11.3. The van der Waals surface area contributed by atoms with E-state index < -0.39 is 47.5 Å². The van der Waals surface area contributed by atoms with Gasteiger partial charge in [-0.05, 0) is 26.7 Å². The standard InChI is InChI=1S/C19H32N2O7/c1-9-10-27-17(24)13(11(2)3)20-15(22)12(4)14(16(23)26-8)21-18(25)28-19(5,6)7/h9,11-14H,1,10H2,2-8H3,(H,20,22)(H,21,25)/t12-,13-,14+/m0/s1. The van der Waals surface area contributed by atoms with Gasteiger partial charge in [-0.3, -0.25) is 4.79 Å². The van der Waals surface area contributed by atoms with E-state index in [9.17, 15) is 19.2 Å². The summed E-state index contributed by atoms with van der Waals surface area (Å²) < 4.78 is 14.8. The smallest absolute Gasteiger partial charge is 0.408 e. The first kappa shape index (κ1) is 25.4. The van der Waals surface area contributed by atoms with E-state index in [4.69, 9.17) is 9.47 Å². The Hall–Kier alpha value is -2.58. The zero-order valence-electron chi connectivity index (χ0n) is 17.7. The maximum Gasteiger partial charge on any atom is 0.408 e. The molecule has 0 bridgehead atoms. The van der Waals surface area contributed by atoms with E-state index >= 15 is 0 Å². The van der Waals surface area contributed by atoms with Gasteiger partial charge in [0.15, 0.2) is 0 Å². The molecule has 3 atom stereocenters. The summed E-state index contributed by atoms with van der Waals surface area (Å²) in [5, 5.41) is 4.90. The third-order valence-corrected chi connectivity index (χ3v) is 3.60. The molecule has 0 rings (SSSR count). The van der Waals surface area contributed by atoms with E-state index in [0.29, 0.717) is 0 Å². The average Bonchev–Trinajstić information content (AvgIpc) is 2.58.